The van der Waals surface area contributed by atoms with Crippen LogP contribution >= 0.6 is 24.0 Å². The van der Waals surface area contributed by atoms with E-state index in [0.717, 1.165) is 0 Å². The average molecular weight is 278 g/mol. The second kappa shape index (κ2) is 5.25. The average Bonchev–Trinajstić information content (AvgIpc) is 2.51. The quantitative estimate of drug-likeness (QED) is 0.918. The van der Waals surface area contributed by atoms with Gasteiger partial charge in [-0.3, -0.25) is 4.68 Å². The molecular formula is C10H10Cl2FN3O. The number of rotatable bonds is 2. The third-order valence-corrected chi connectivity index (χ3v) is 2.23. The molecule has 2 rings (SSSR count). The molecule has 0 fully saturated rings. The van der Waals surface area contributed by atoms with Gasteiger partial charge in [-0.2, -0.15) is 0 Å². The number of aryl methyl sites for hydroxylation is 1. The summed E-state index contributed by atoms with van der Waals surface area (Å²) in [6, 6.07) is 4.13. The van der Waals surface area contributed by atoms with Gasteiger partial charge < -0.3 is 10.5 Å². The van der Waals surface area contributed by atoms with Crippen LogP contribution in [-0.2, 0) is 7.05 Å². The predicted octanol–water partition coefficient (Wildman–Crippen LogP) is 3.01. The van der Waals surface area contributed by atoms with Crippen molar-refractivity contribution in [2.24, 2.45) is 7.05 Å². The number of nitrogen functional groups attached to an aromatic ring is 1. The summed E-state index contributed by atoms with van der Waals surface area (Å²) < 4.78 is 19.9. The van der Waals surface area contributed by atoms with Crippen LogP contribution in [0.4, 0.5) is 10.1 Å². The highest BCUT2D eigenvalue weighted by Gasteiger charge is 2.08. The Balaban J connectivity index is 0.00000144. The summed E-state index contributed by atoms with van der Waals surface area (Å²) >= 11 is 5.54. The fraction of sp³-hybridized carbons (Fsp3) is 0.100. The lowest BCUT2D eigenvalue weighted by atomic mass is 10.3. The van der Waals surface area contributed by atoms with Gasteiger partial charge in [0, 0.05) is 13.1 Å². The largest absolute Gasteiger partial charge is 0.436 e. The van der Waals surface area contributed by atoms with E-state index in [0.29, 0.717) is 11.4 Å². The van der Waals surface area contributed by atoms with E-state index in [1.54, 1.807) is 19.3 Å². The Kier molecular flexibility index (Phi) is 4.20. The number of aromatic nitrogens is 2. The molecule has 4 nitrogen and oxygen atoms in total. The number of halogens is 3. The SMILES string of the molecule is Cl.Cn1cc(N)c(Oc2ccc(Cl)c(F)c2)n1. The van der Waals surface area contributed by atoms with Gasteiger partial charge in [0.2, 0.25) is 0 Å². The van der Waals surface area contributed by atoms with E-state index in [2.05, 4.69) is 5.10 Å². The van der Waals surface area contributed by atoms with Crippen LogP contribution in [-0.4, -0.2) is 9.78 Å². The maximum Gasteiger partial charge on any atom is 0.261 e. The van der Waals surface area contributed by atoms with Crippen molar-refractivity contribution in [2.75, 3.05) is 5.73 Å². The number of ether oxygens (including phenoxy) is 1. The first-order valence-electron chi connectivity index (χ1n) is 4.48. The zero-order valence-corrected chi connectivity index (χ0v) is 10.4. The summed E-state index contributed by atoms with van der Waals surface area (Å²) in [6.45, 7) is 0. The summed E-state index contributed by atoms with van der Waals surface area (Å²) in [4.78, 5) is 0. The van der Waals surface area contributed by atoms with Gasteiger partial charge in [-0.15, -0.1) is 17.5 Å². The molecule has 0 unspecified atom stereocenters. The molecule has 1 aromatic heterocycles. The minimum Gasteiger partial charge on any atom is -0.436 e. The van der Waals surface area contributed by atoms with E-state index < -0.39 is 5.82 Å². The lowest BCUT2D eigenvalue weighted by Crippen LogP contribution is -1.91. The van der Waals surface area contributed by atoms with E-state index in [1.807, 2.05) is 0 Å². The van der Waals surface area contributed by atoms with Crippen molar-refractivity contribution in [2.45, 2.75) is 0 Å². The van der Waals surface area contributed by atoms with Crippen LogP contribution in [0.5, 0.6) is 11.6 Å². The Labute approximate surface area is 109 Å². The Hall–Kier alpha value is -1.46. The van der Waals surface area contributed by atoms with Gasteiger partial charge in [0.1, 0.15) is 17.3 Å². The van der Waals surface area contributed by atoms with Crippen LogP contribution in [0.3, 0.4) is 0 Å². The fourth-order valence-electron chi connectivity index (χ4n) is 1.22. The molecule has 2 N–H and O–H groups in total. The van der Waals surface area contributed by atoms with E-state index in [1.165, 1.54) is 16.8 Å². The molecule has 0 amide bonds. The number of anilines is 1. The van der Waals surface area contributed by atoms with Crippen molar-refractivity contribution in [1.82, 2.24) is 9.78 Å². The van der Waals surface area contributed by atoms with Gasteiger partial charge in [-0.1, -0.05) is 11.6 Å². The maximum absolute atomic E-state index is 13.1. The standard InChI is InChI=1S/C10H9ClFN3O.ClH/c1-15-5-9(13)10(14-15)16-6-2-3-7(11)8(12)4-6;/h2-5H,13H2,1H3;1H. The van der Waals surface area contributed by atoms with Crippen LogP contribution in [0, 0.1) is 5.82 Å². The fourth-order valence-corrected chi connectivity index (χ4v) is 1.34. The molecule has 92 valence electrons. The Morgan fingerprint density at radius 3 is 2.71 bits per heavy atom. The number of hydrogen-bond donors (Lipinski definition) is 1. The molecule has 0 spiro atoms. The minimum absolute atomic E-state index is 0. The third-order valence-electron chi connectivity index (χ3n) is 1.93. The lowest BCUT2D eigenvalue weighted by molar-refractivity contribution is 0.451. The number of nitrogens with zero attached hydrogens (tertiary/aromatic N) is 2. The van der Waals surface area contributed by atoms with Crippen LogP contribution in [0.25, 0.3) is 0 Å². The van der Waals surface area contributed by atoms with Gasteiger partial charge in [0.15, 0.2) is 0 Å². The van der Waals surface area contributed by atoms with Crippen LogP contribution in [0.15, 0.2) is 24.4 Å². The second-order valence-electron chi connectivity index (χ2n) is 3.24. The molecule has 0 aliphatic heterocycles. The van der Waals surface area contributed by atoms with Crippen molar-refractivity contribution in [3.8, 4) is 11.6 Å². The number of nitrogens with two attached hydrogens (primary N) is 1. The minimum atomic E-state index is -0.548. The third kappa shape index (κ3) is 3.01. The molecule has 2 aromatic rings. The predicted molar refractivity (Wildman–Crippen MR) is 66.4 cm³/mol. The van der Waals surface area contributed by atoms with Crippen LogP contribution in [0.1, 0.15) is 0 Å². The first-order valence-corrected chi connectivity index (χ1v) is 4.86. The van der Waals surface area contributed by atoms with Crippen molar-refractivity contribution in [1.29, 1.82) is 0 Å². The number of benzene rings is 1. The monoisotopic (exact) mass is 277 g/mol. The zero-order chi connectivity index (χ0) is 11.7. The van der Waals surface area contributed by atoms with Crippen molar-refractivity contribution < 1.29 is 9.13 Å². The first-order chi connectivity index (χ1) is 7.56. The van der Waals surface area contributed by atoms with Gasteiger partial charge in [0.05, 0.1) is 11.2 Å². The van der Waals surface area contributed by atoms with Crippen molar-refractivity contribution in [3.05, 3.63) is 35.2 Å². The highest BCUT2D eigenvalue weighted by molar-refractivity contribution is 6.30. The molecular weight excluding hydrogens is 268 g/mol. The molecule has 17 heavy (non-hydrogen) atoms. The number of hydrogen-bond acceptors (Lipinski definition) is 3. The van der Waals surface area contributed by atoms with Crippen molar-refractivity contribution in [3.63, 3.8) is 0 Å². The normalized spacial score (nSPS) is 9.82. The van der Waals surface area contributed by atoms with Gasteiger partial charge in [0.25, 0.3) is 5.88 Å². The molecule has 1 aromatic carbocycles. The molecule has 0 bridgehead atoms. The molecule has 1 heterocycles. The highest BCUT2D eigenvalue weighted by Crippen LogP contribution is 2.27. The Morgan fingerprint density at radius 2 is 2.18 bits per heavy atom. The second-order valence-corrected chi connectivity index (χ2v) is 3.65. The van der Waals surface area contributed by atoms with E-state index >= 15 is 0 Å². The molecule has 7 heteroatoms. The van der Waals surface area contributed by atoms with E-state index in [-0.39, 0.29) is 23.3 Å². The summed E-state index contributed by atoms with van der Waals surface area (Å²) in [5, 5.41) is 4.01. The highest BCUT2D eigenvalue weighted by atomic mass is 35.5. The van der Waals surface area contributed by atoms with Crippen LogP contribution in [0.2, 0.25) is 5.02 Å². The maximum atomic E-state index is 13.1. The van der Waals surface area contributed by atoms with Gasteiger partial charge in [-0.05, 0) is 12.1 Å². The summed E-state index contributed by atoms with van der Waals surface area (Å²) in [5.41, 5.74) is 6.02. The topological polar surface area (TPSA) is 53.1 Å². The first kappa shape index (κ1) is 13.6. The molecule has 0 atom stereocenters. The Morgan fingerprint density at radius 1 is 1.47 bits per heavy atom. The lowest BCUT2D eigenvalue weighted by Gasteiger charge is -2.03. The zero-order valence-electron chi connectivity index (χ0n) is 8.85. The van der Waals surface area contributed by atoms with Crippen LogP contribution < -0.4 is 10.5 Å². The molecule has 0 saturated carbocycles. The summed E-state index contributed by atoms with van der Waals surface area (Å²) in [7, 11) is 1.71. The van der Waals surface area contributed by atoms with Gasteiger partial charge in [-0.25, -0.2) is 4.39 Å². The molecule has 0 radical (unpaired) electrons. The molecule has 0 aliphatic carbocycles. The molecule has 0 aliphatic rings. The van der Waals surface area contributed by atoms with E-state index in [4.69, 9.17) is 22.1 Å². The van der Waals surface area contributed by atoms with Crippen molar-refractivity contribution >= 4 is 29.7 Å². The summed E-state index contributed by atoms with van der Waals surface area (Å²) in [5.74, 6) is -0.00908. The van der Waals surface area contributed by atoms with E-state index in [9.17, 15) is 4.39 Å². The summed E-state index contributed by atoms with van der Waals surface area (Å²) in [6.07, 6.45) is 1.60. The smallest absolute Gasteiger partial charge is 0.261 e. The Bertz CT molecular complexity index is 530. The molecule has 0 saturated heterocycles. The van der Waals surface area contributed by atoms with Gasteiger partial charge >= 0.3 is 0 Å².